The van der Waals surface area contributed by atoms with Crippen LogP contribution in [0.4, 0.5) is 0 Å². The maximum atomic E-state index is 11.8. The Kier molecular flexibility index (Phi) is 6.07. The Morgan fingerprint density at radius 2 is 2.08 bits per heavy atom. The molecule has 3 rings (SSSR count). The lowest BCUT2D eigenvalue weighted by molar-refractivity contribution is -0.119. The predicted molar refractivity (Wildman–Crippen MR) is 95.2 cm³/mol. The first kappa shape index (κ1) is 17.2. The van der Waals surface area contributed by atoms with E-state index in [1.54, 1.807) is 0 Å². The minimum absolute atomic E-state index is 0.0147. The van der Waals surface area contributed by atoms with E-state index in [0.717, 1.165) is 35.7 Å². The highest BCUT2D eigenvalue weighted by molar-refractivity contribution is 7.99. The molecule has 7 heteroatoms. The lowest BCUT2D eigenvalue weighted by atomic mass is 10.1. The van der Waals surface area contributed by atoms with Gasteiger partial charge in [0.05, 0.1) is 17.6 Å². The quantitative estimate of drug-likeness (QED) is 0.798. The van der Waals surface area contributed by atoms with E-state index >= 15 is 0 Å². The largest absolute Gasteiger partial charge is 0.376 e. The van der Waals surface area contributed by atoms with Crippen molar-refractivity contribution in [3.05, 3.63) is 41.4 Å². The molecule has 1 aliphatic rings. The van der Waals surface area contributed by atoms with Gasteiger partial charge in [0.25, 0.3) is 0 Å². The summed E-state index contributed by atoms with van der Waals surface area (Å²) in [5.41, 5.74) is 1.73. The minimum atomic E-state index is -0.0147. The molecule has 1 N–H and O–H groups in total. The third-order valence-corrected chi connectivity index (χ3v) is 4.85. The second kappa shape index (κ2) is 8.46. The van der Waals surface area contributed by atoms with E-state index < -0.39 is 0 Å². The summed E-state index contributed by atoms with van der Waals surface area (Å²) in [5.74, 6) is 0.306. The molecule has 1 fully saturated rings. The van der Waals surface area contributed by atoms with Crippen LogP contribution in [-0.2, 0) is 9.53 Å². The Hall–Kier alpha value is -1.63. The van der Waals surface area contributed by atoms with Crippen LogP contribution >= 0.6 is 23.4 Å². The van der Waals surface area contributed by atoms with Gasteiger partial charge in [0.2, 0.25) is 5.91 Å². The molecule has 2 heterocycles. The normalized spacial score (nSPS) is 17.0. The van der Waals surface area contributed by atoms with E-state index in [2.05, 4.69) is 15.5 Å². The zero-order chi connectivity index (χ0) is 16.8. The first-order valence-corrected chi connectivity index (χ1v) is 9.18. The molecule has 1 aromatic carbocycles. The predicted octanol–water partition coefficient (Wildman–Crippen LogP) is 3.18. The highest BCUT2D eigenvalue weighted by atomic mass is 35.5. The smallest absolute Gasteiger partial charge is 0.230 e. The molecule has 1 atom stereocenters. The van der Waals surface area contributed by atoms with Gasteiger partial charge in [-0.05, 0) is 37.1 Å². The Morgan fingerprint density at radius 1 is 1.25 bits per heavy atom. The standard InChI is InChI=1S/C17H18ClN3O2S/c18-13-5-3-12(4-6-13)15-7-8-17(21-20-15)24-11-16(22)19-10-14-2-1-9-23-14/h3-8,14H,1-2,9-11H2,(H,19,22)/t14-/m0/s1. The summed E-state index contributed by atoms with van der Waals surface area (Å²) in [5, 5.41) is 12.7. The van der Waals surface area contributed by atoms with Crippen LogP contribution in [0.15, 0.2) is 41.4 Å². The summed E-state index contributed by atoms with van der Waals surface area (Å²) in [6, 6.07) is 11.2. The van der Waals surface area contributed by atoms with Crippen LogP contribution in [-0.4, -0.2) is 41.1 Å². The van der Waals surface area contributed by atoms with E-state index in [1.165, 1.54) is 11.8 Å². The number of nitrogens with one attached hydrogen (secondary N) is 1. The van der Waals surface area contributed by atoms with Crippen molar-refractivity contribution in [3.8, 4) is 11.3 Å². The Labute approximate surface area is 150 Å². The first-order chi connectivity index (χ1) is 11.7. The molecule has 1 saturated heterocycles. The summed E-state index contributed by atoms with van der Waals surface area (Å²) in [4.78, 5) is 11.8. The van der Waals surface area contributed by atoms with Crippen LogP contribution in [0.1, 0.15) is 12.8 Å². The molecular formula is C17H18ClN3O2S. The van der Waals surface area contributed by atoms with Crippen LogP contribution in [0.5, 0.6) is 0 Å². The number of hydrogen-bond donors (Lipinski definition) is 1. The molecule has 0 aliphatic carbocycles. The monoisotopic (exact) mass is 363 g/mol. The van der Waals surface area contributed by atoms with Crippen molar-refractivity contribution in [2.75, 3.05) is 18.9 Å². The number of benzene rings is 1. The van der Waals surface area contributed by atoms with E-state index in [9.17, 15) is 4.79 Å². The summed E-state index contributed by atoms with van der Waals surface area (Å²) in [7, 11) is 0. The van der Waals surface area contributed by atoms with Gasteiger partial charge in [-0.2, -0.15) is 0 Å². The summed E-state index contributed by atoms with van der Waals surface area (Å²) >= 11 is 7.25. The Bertz CT molecular complexity index is 673. The molecule has 2 aromatic rings. The third kappa shape index (κ3) is 4.93. The van der Waals surface area contributed by atoms with Gasteiger partial charge in [0.1, 0.15) is 5.03 Å². The number of aromatic nitrogens is 2. The Morgan fingerprint density at radius 3 is 2.75 bits per heavy atom. The third-order valence-electron chi connectivity index (χ3n) is 3.68. The second-order valence-corrected chi connectivity index (χ2v) is 6.92. The lowest BCUT2D eigenvalue weighted by Crippen LogP contribution is -2.32. The first-order valence-electron chi connectivity index (χ1n) is 7.81. The fraction of sp³-hybridized carbons (Fsp3) is 0.353. The molecule has 5 nitrogen and oxygen atoms in total. The number of carbonyl (C=O) groups is 1. The Balaban J connectivity index is 1.47. The zero-order valence-corrected chi connectivity index (χ0v) is 14.6. The summed E-state index contributed by atoms with van der Waals surface area (Å²) < 4.78 is 5.48. The van der Waals surface area contributed by atoms with Crippen molar-refractivity contribution in [3.63, 3.8) is 0 Å². The van der Waals surface area contributed by atoms with E-state index in [4.69, 9.17) is 16.3 Å². The fourth-order valence-electron chi connectivity index (χ4n) is 2.40. The molecule has 0 unspecified atom stereocenters. The number of amides is 1. The van der Waals surface area contributed by atoms with E-state index in [0.29, 0.717) is 17.3 Å². The number of carbonyl (C=O) groups excluding carboxylic acids is 1. The van der Waals surface area contributed by atoms with Gasteiger partial charge in [-0.3, -0.25) is 4.79 Å². The number of halogens is 1. The topological polar surface area (TPSA) is 64.1 Å². The van der Waals surface area contributed by atoms with Gasteiger partial charge in [0.15, 0.2) is 0 Å². The van der Waals surface area contributed by atoms with Crippen molar-refractivity contribution in [2.24, 2.45) is 0 Å². The number of hydrogen-bond acceptors (Lipinski definition) is 5. The van der Waals surface area contributed by atoms with Crippen LogP contribution in [0, 0.1) is 0 Å². The van der Waals surface area contributed by atoms with Gasteiger partial charge < -0.3 is 10.1 Å². The number of thioether (sulfide) groups is 1. The van der Waals surface area contributed by atoms with Gasteiger partial charge in [-0.25, -0.2) is 0 Å². The highest BCUT2D eigenvalue weighted by Crippen LogP contribution is 2.21. The van der Waals surface area contributed by atoms with Crippen LogP contribution in [0.25, 0.3) is 11.3 Å². The fourth-order valence-corrected chi connectivity index (χ4v) is 3.16. The van der Waals surface area contributed by atoms with Gasteiger partial charge in [-0.15, -0.1) is 10.2 Å². The van der Waals surface area contributed by atoms with Crippen LogP contribution in [0.2, 0.25) is 5.02 Å². The van der Waals surface area contributed by atoms with Crippen LogP contribution in [0.3, 0.4) is 0 Å². The van der Waals surface area contributed by atoms with Crippen molar-refractivity contribution in [1.29, 1.82) is 0 Å². The average Bonchev–Trinajstić information content (AvgIpc) is 3.13. The average molecular weight is 364 g/mol. The van der Waals surface area contributed by atoms with E-state index in [1.807, 2.05) is 36.4 Å². The SMILES string of the molecule is O=C(CSc1ccc(-c2ccc(Cl)cc2)nn1)NC[C@@H]1CCCO1. The molecule has 0 radical (unpaired) electrons. The highest BCUT2D eigenvalue weighted by Gasteiger charge is 2.16. The van der Waals surface area contributed by atoms with Crippen molar-refractivity contribution in [1.82, 2.24) is 15.5 Å². The molecule has 1 amide bonds. The van der Waals surface area contributed by atoms with Gasteiger partial charge in [0, 0.05) is 23.7 Å². The summed E-state index contributed by atoms with van der Waals surface area (Å²) in [6.45, 7) is 1.38. The summed E-state index contributed by atoms with van der Waals surface area (Å²) in [6.07, 6.45) is 2.26. The lowest BCUT2D eigenvalue weighted by Gasteiger charge is -2.10. The van der Waals surface area contributed by atoms with Crippen molar-refractivity contribution < 1.29 is 9.53 Å². The van der Waals surface area contributed by atoms with Crippen molar-refractivity contribution >= 4 is 29.3 Å². The van der Waals surface area contributed by atoms with Gasteiger partial charge in [-0.1, -0.05) is 35.5 Å². The maximum absolute atomic E-state index is 11.8. The minimum Gasteiger partial charge on any atom is -0.376 e. The molecule has 0 spiro atoms. The molecular weight excluding hydrogens is 346 g/mol. The van der Waals surface area contributed by atoms with E-state index in [-0.39, 0.29) is 12.0 Å². The van der Waals surface area contributed by atoms with Crippen molar-refractivity contribution in [2.45, 2.75) is 24.0 Å². The molecule has 0 bridgehead atoms. The molecule has 1 aromatic heterocycles. The van der Waals surface area contributed by atoms with Gasteiger partial charge >= 0.3 is 0 Å². The van der Waals surface area contributed by atoms with Crippen LogP contribution < -0.4 is 5.32 Å². The molecule has 0 saturated carbocycles. The molecule has 126 valence electrons. The second-order valence-electron chi connectivity index (χ2n) is 5.49. The molecule has 24 heavy (non-hydrogen) atoms. The maximum Gasteiger partial charge on any atom is 0.230 e. The number of rotatable bonds is 6. The number of ether oxygens (including phenoxy) is 1. The zero-order valence-electron chi connectivity index (χ0n) is 13.1. The molecule has 1 aliphatic heterocycles. The number of nitrogens with zero attached hydrogens (tertiary/aromatic N) is 2.